The largest absolute Gasteiger partial charge is 0.468 e. The van der Waals surface area contributed by atoms with Gasteiger partial charge in [-0.15, -0.1) is 0 Å². The smallest absolute Gasteiger partial charge is 0.387 e. The molecule has 2 rings (SSSR count). The minimum atomic E-state index is -3.31. The summed E-state index contributed by atoms with van der Waals surface area (Å²) in [5.41, 5.74) is -1.24. The Balaban J connectivity index is 2.45. The quantitative estimate of drug-likeness (QED) is 0.422. The predicted octanol–water partition coefficient (Wildman–Crippen LogP) is 3.19. The monoisotopic (exact) mass is 389 g/mol. The maximum atomic E-state index is 12.6. The Hall–Kier alpha value is -2.83. The number of Topliss-reactive ketones (excluding diaryl/α,β-unsaturated/α-hetero) is 1. The maximum absolute atomic E-state index is 12.6. The van der Waals surface area contributed by atoms with Crippen LogP contribution in [0.1, 0.15) is 24.8 Å². The number of nitrogens with zero attached hydrogens (tertiary/aromatic N) is 1. The molecule has 0 aromatic heterocycles. The second kappa shape index (κ2) is 8.24. The van der Waals surface area contributed by atoms with E-state index in [0.29, 0.717) is 0 Å². The number of methoxy groups -OCH3 is 1. The van der Waals surface area contributed by atoms with Crippen molar-refractivity contribution >= 4 is 11.8 Å². The van der Waals surface area contributed by atoms with Crippen LogP contribution in [0.3, 0.4) is 0 Å². The molecule has 2 atom stereocenters. The minimum absolute atomic E-state index is 0.0268. The normalized spacial score (nSPS) is 22.4. The van der Waals surface area contributed by atoms with Gasteiger partial charge in [0.15, 0.2) is 11.5 Å². The molecule has 0 N–H and O–H groups in total. The van der Waals surface area contributed by atoms with Crippen molar-refractivity contribution in [1.82, 2.24) is 0 Å². The van der Waals surface area contributed by atoms with Crippen LogP contribution < -0.4 is 9.47 Å². The van der Waals surface area contributed by atoms with Crippen molar-refractivity contribution in [2.24, 2.45) is 5.92 Å². The highest BCUT2D eigenvalue weighted by molar-refractivity contribution is 6.00. The lowest BCUT2D eigenvalue weighted by Crippen LogP contribution is -2.40. The van der Waals surface area contributed by atoms with Gasteiger partial charge in [0, 0.05) is 6.42 Å². The summed E-state index contributed by atoms with van der Waals surface area (Å²) in [6.45, 7) is -6.58. The van der Waals surface area contributed by atoms with Gasteiger partial charge in [-0.3, -0.25) is 9.59 Å². The number of benzene rings is 1. The third kappa shape index (κ3) is 4.48. The van der Waals surface area contributed by atoms with Gasteiger partial charge in [-0.25, -0.2) is 0 Å². The fourth-order valence-corrected chi connectivity index (χ4v) is 3.05. The van der Waals surface area contributed by atoms with Gasteiger partial charge in [0.05, 0.1) is 18.6 Å². The van der Waals surface area contributed by atoms with Gasteiger partial charge in [-0.05, 0) is 30.5 Å². The molecule has 1 saturated carbocycles. The molecule has 1 aromatic rings. The third-order valence-corrected chi connectivity index (χ3v) is 4.37. The Kier molecular flexibility index (Phi) is 6.25. The SMILES string of the molecule is COC(=O)C1CC(C#N)(c2ccc(OC(F)F)c(OC(F)F)c2)CCC1=O. The van der Waals surface area contributed by atoms with E-state index in [-0.39, 0.29) is 24.8 Å². The molecule has 10 heteroatoms. The fraction of sp³-hybridized carbons (Fsp3) is 0.471. The molecule has 0 aliphatic heterocycles. The molecule has 0 bridgehead atoms. The second-order valence-corrected chi connectivity index (χ2v) is 5.86. The van der Waals surface area contributed by atoms with E-state index in [0.717, 1.165) is 19.2 Å². The van der Waals surface area contributed by atoms with Gasteiger partial charge in [0.25, 0.3) is 0 Å². The second-order valence-electron chi connectivity index (χ2n) is 5.86. The van der Waals surface area contributed by atoms with Crippen molar-refractivity contribution in [2.75, 3.05) is 7.11 Å². The Labute approximate surface area is 151 Å². The number of hydrogen-bond donors (Lipinski definition) is 0. The first-order valence-electron chi connectivity index (χ1n) is 7.78. The molecule has 1 aliphatic rings. The summed E-state index contributed by atoms with van der Waals surface area (Å²) in [7, 11) is 1.10. The molecule has 1 aromatic carbocycles. The summed E-state index contributed by atoms with van der Waals surface area (Å²) in [5.74, 6) is -3.68. The van der Waals surface area contributed by atoms with E-state index in [2.05, 4.69) is 14.2 Å². The highest BCUT2D eigenvalue weighted by Crippen LogP contribution is 2.43. The van der Waals surface area contributed by atoms with Crippen molar-refractivity contribution in [3.05, 3.63) is 23.8 Å². The van der Waals surface area contributed by atoms with Crippen LogP contribution >= 0.6 is 0 Å². The van der Waals surface area contributed by atoms with Crippen LogP contribution in [0.4, 0.5) is 17.6 Å². The lowest BCUT2D eigenvalue weighted by Gasteiger charge is -2.34. The van der Waals surface area contributed by atoms with Gasteiger partial charge in [-0.2, -0.15) is 22.8 Å². The summed E-state index contributed by atoms with van der Waals surface area (Å²) >= 11 is 0. The summed E-state index contributed by atoms with van der Waals surface area (Å²) in [6, 6.07) is 5.21. The highest BCUT2D eigenvalue weighted by atomic mass is 19.3. The van der Waals surface area contributed by atoms with Crippen LogP contribution in [0.2, 0.25) is 0 Å². The first-order chi connectivity index (χ1) is 12.7. The van der Waals surface area contributed by atoms with Crippen LogP contribution in [0.25, 0.3) is 0 Å². The Morgan fingerprint density at radius 3 is 2.41 bits per heavy atom. The molecular weight excluding hydrogens is 374 g/mol. The average Bonchev–Trinajstić information content (AvgIpc) is 2.62. The topological polar surface area (TPSA) is 85.6 Å². The zero-order valence-electron chi connectivity index (χ0n) is 14.1. The van der Waals surface area contributed by atoms with Crippen molar-refractivity contribution in [3.8, 4) is 17.6 Å². The Morgan fingerprint density at radius 2 is 1.85 bits per heavy atom. The van der Waals surface area contributed by atoms with Crippen molar-refractivity contribution in [1.29, 1.82) is 5.26 Å². The number of hydrogen-bond acceptors (Lipinski definition) is 6. The number of carbonyl (C=O) groups excluding carboxylic acids is 2. The lowest BCUT2D eigenvalue weighted by molar-refractivity contribution is -0.151. The van der Waals surface area contributed by atoms with Crippen molar-refractivity contribution < 1.29 is 41.4 Å². The molecule has 27 heavy (non-hydrogen) atoms. The number of alkyl halides is 4. The van der Waals surface area contributed by atoms with Crippen LogP contribution in [0.5, 0.6) is 11.5 Å². The first kappa shape index (κ1) is 20.5. The van der Waals surface area contributed by atoms with Crippen molar-refractivity contribution in [2.45, 2.75) is 37.9 Å². The van der Waals surface area contributed by atoms with Gasteiger partial charge in [0.2, 0.25) is 0 Å². The van der Waals surface area contributed by atoms with Crippen molar-refractivity contribution in [3.63, 3.8) is 0 Å². The molecule has 6 nitrogen and oxygen atoms in total. The number of ether oxygens (including phenoxy) is 3. The van der Waals surface area contributed by atoms with E-state index in [1.165, 1.54) is 6.07 Å². The highest BCUT2D eigenvalue weighted by Gasteiger charge is 2.45. The van der Waals surface area contributed by atoms with E-state index in [1.54, 1.807) is 0 Å². The molecule has 0 spiro atoms. The molecule has 146 valence electrons. The number of nitriles is 1. The predicted molar refractivity (Wildman–Crippen MR) is 81.4 cm³/mol. The lowest BCUT2D eigenvalue weighted by atomic mass is 9.66. The Morgan fingerprint density at radius 1 is 1.22 bits per heavy atom. The maximum Gasteiger partial charge on any atom is 0.387 e. The molecule has 0 heterocycles. The standard InChI is InChI=1S/C17H15F4NO5/c1-25-14(24)10-7-17(8-22,5-4-11(10)23)9-2-3-12(26-15(18)19)13(6-9)27-16(20)21/h2-3,6,10,15-16H,4-5,7H2,1H3. The van der Waals surface area contributed by atoms with Crippen LogP contribution in [0.15, 0.2) is 18.2 Å². The van der Waals surface area contributed by atoms with Gasteiger partial charge in [-0.1, -0.05) is 6.07 Å². The zero-order valence-corrected chi connectivity index (χ0v) is 14.1. The number of rotatable bonds is 6. The number of carbonyl (C=O) groups is 2. The molecule has 1 aliphatic carbocycles. The van der Waals surface area contributed by atoms with E-state index >= 15 is 0 Å². The molecule has 0 saturated heterocycles. The van der Waals surface area contributed by atoms with E-state index in [1.807, 2.05) is 6.07 Å². The average molecular weight is 389 g/mol. The van der Waals surface area contributed by atoms with E-state index in [4.69, 9.17) is 0 Å². The minimum Gasteiger partial charge on any atom is -0.468 e. The summed E-state index contributed by atoms with van der Waals surface area (Å²) in [5, 5.41) is 9.69. The summed E-state index contributed by atoms with van der Waals surface area (Å²) < 4.78 is 63.1. The fourth-order valence-electron chi connectivity index (χ4n) is 3.05. The number of ketones is 1. The first-order valence-corrected chi connectivity index (χ1v) is 7.78. The van der Waals surface area contributed by atoms with Gasteiger partial charge < -0.3 is 14.2 Å². The van der Waals surface area contributed by atoms with Gasteiger partial charge in [0.1, 0.15) is 11.7 Å². The number of esters is 1. The molecule has 0 amide bonds. The third-order valence-electron chi connectivity index (χ3n) is 4.37. The zero-order chi connectivity index (χ0) is 20.2. The van der Waals surface area contributed by atoms with Crippen LogP contribution in [-0.4, -0.2) is 32.1 Å². The molecule has 2 unspecified atom stereocenters. The molecular formula is C17H15F4NO5. The van der Waals surface area contributed by atoms with E-state index in [9.17, 15) is 32.4 Å². The van der Waals surface area contributed by atoms with Gasteiger partial charge >= 0.3 is 19.2 Å². The summed E-state index contributed by atoms with van der Waals surface area (Å²) in [6.07, 6.45) is -0.301. The van der Waals surface area contributed by atoms with Crippen LogP contribution in [0, 0.1) is 17.2 Å². The molecule has 0 radical (unpaired) electrons. The van der Waals surface area contributed by atoms with Crippen LogP contribution in [-0.2, 0) is 19.7 Å². The Bertz CT molecular complexity index is 756. The number of halogens is 4. The van der Waals surface area contributed by atoms with E-state index < -0.39 is 47.8 Å². The summed E-state index contributed by atoms with van der Waals surface area (Å²) in [4.78, 5) is 23.8. The molecule has 1 fully saturated rings.